The van der Waals surface area contributed by atoms with Gasteiger partial charge in [0.2, 0.25) is 0 Å². The Bertz CT molecular complexity index is 417. The Labute approximate surface area is 101 Å². The van der Waals surface area contributed by atoms with Crippen molar-refractivity contribution in [2.24, 2.45) is 0 Å². The standard InChI is InChI=1S/C13H17NO3/c1-17-12-5-4-10-3-2-6-14(9-13(15)16)8-11(10)7-12/h4-5,7H,2-3,6,8-9H2,1H3,(H,15,16). The minimum Gasteiger partial charge on any atom is -0.497 e. The topological polar surface area (TPSA) is 49.8 Å². The van der Waals surface area contributed by atoms with Gasteiger partial charge >= 0.3 is 5.97 Å². The van der Waals surface area contributed by atoms with E-state index in [0.717, 1.165) is 25.1 Å². The lowest BCUT2D eigenvalue weighted by atomic mass is 10.0. The van der Waals surface area contributed by atoms with Crippen molar-refractivity contribution in [1.29, 1.82) is 0 Å². The van der Waals surface area contributed by atoms with E-state index in [9.17, 15) is 4.79 Å². The van der Waals surface area contributed by atoms with Crippen LogP contribution >= 0.6 is 0 Å². The first-order chi connectivity index (χ1) is 8.19. The van der Waals surface area contributed by atoms with Gasteiger partial charge in [-0.2, -0.15) is 0 Å². The minimum absolute atomic E-state index is 0.108. The maximum atomic E-state index is 10.7. The van der Waals surface area contributed by atoms with Crippen LogP contribution in [0.2, 0.25) is 0 Å². The SMILES string of the molecule is COc1ccc2c(c1)CN(CC(=O)O)CCC2. The van der Waals surface area contributed by atoms with Gasteiger partial charge in [0.15, 0.2) is 0 Å². The summed E-state index contributed by atoms with van der Waals surface area (Å²) in [6.45, 7) is 1.64. The van der Waals surface area contributed by atoms with E-state index in [1.165, 1.54) is 11.1 Å². The molecule has 0 saturated carbocycles. The van der Waals surface area contributed by atoms with Crippen molar-refractivity contribution in [3.63, 3.8) is 0 Å². The summed E-state index contributed by atoms with van der Waals surface area (Å²) in [5.74, 6) is 0.0669. The van der Waals surface area contributed by atoms with E-state index in [-0.39, 0.29) is 6.54 Å². The summed E-state index contributed by atoms with van der Waals surface area (Å²) in [7, 11) is 1.65. The number of ether oxygens (including phenoxy) is 1. The number of fused-ring (bicyclic) bond motifs is 1. The maximum absolute atomic E-state index is 10.7. The Morgan fingerprint density at radius 3 is 3.00 bits per heavy atom. The van der Waals surface area contributed by atoms with E-state index in [2.05, 4.69) is 6.07 Å². The van der Waals surface area contributed by atoms with Crippen LogP contribution < -0.4 is 4.74 Å². The van der Waals surface area contributed by atoms with Crippen LogP contribution in [0.3, 0.4) is 0 Å². The molecule has 0 atom stereocenters. The highest BCUT2D eigenvalue weighted by Gasteiger charge is 2.16. The number of methoxy groups -OCH3 is 1. The molecule has 4 heteroatoms. The molecule has 0 amide bonds. The third kappa shape index (κ3) is 2.97. The van der Waals surface area contributed by atoms with Crippen LogP contribution in [0.25, 0.3) is 0 Å². The summed E-state index contributed by atoms with van der Waals surface area (Å²) >= 11 is 0. The highest BCUT2D eigenvalue weighted by molar-refractivity contribution is 5.69. The van der Waals surface area contributed by atoms with E-state index < -0.39 is 5.97 Å². The van der Waals surface area contributed by atoms with Gasteiger partial charge in [-0.3, -0.25) is 9.69 Å². The van der Waals surface area contributed by atoms with Gasteiger partial charge in [-0.25, -0.2) is 0 Å². The molecule has 1 heterocycles. The summed E-state index contributed by atoms with van der Waals surface area (Å²) in [6.07, 6.45) is 2.02. The fourth-order valence-corrected chi connectivity index (χ4v) is 2.26. The van der Waals surface area contributed by atoms with Gasteiger partial charge in [-0.1, -0.05) is 6.07 Å². The molecule has 0 unspecified atom stereocenters. The monoisotopic (exact) mass is 235 g/mol. The zero-order valence-corrected chi connectivity index (χ0v) is 9.98. The molecule has 1 aromatic carbocycles. The molecule has 0 spiro atoms. The number of benzene rings is 1. The van der Waals surface area contributed by atoms with E-state index in [0.29, 0.717) is 6.54 Å². The molecule has 17 heavy (non-hydrogen) atoms. The van der Waals surface area contributed by atoms with E-state index in [1.807, 2.05) is 17.0 Å². The highest BCUT2D eigenvalue weighted by Crippen LogP contribution is 2.23. The number of carboxylic acid groups (broad SMARTS) is 1. The van der Waals surface area contributed by atoms with Crippen molar-refractivity contribution < 1.29 is 14.6 Å². The molecule has 0 fully saturated rings. The number of aliphatic carboxylic acids is 1. The van der Waals surface area contributed by atoms with Crippen molar-refractivity contribution in [3.8, 4) is 5.75 Å². The van der Waals surface area contributed by atoms with Crippen molar-refractivity contribution in [2.75, 3.05) is 20.2 Å². The van der Waals surface area contributed by atoms with Gasteiger partial charge in [0.1, 0.15) is 5.75 Å². The van der Waals surface area contributed by atoms with Crippen molar-refractivity contribution >= 4 is 5.97 Å². The average molecular weight is 235 g/mol. The lowest BCUT2D eigenvalue weighted by Gasteiger charge is -2.17. The second-order valence-corrected chi connectivity index (χ2v) is 4.34. The normalized spacial score (nSPS) is 16.1. The highest BCUT2D eigenvalue weighted by atomic mass is 16.5. The predicted octanol–water partition coefficient (Wildman–Crippen LogP) is 1.53. The van der Waals surface area contributed by atoms with Gasteiger partial charge in [-0.05, 0) is 42.6 Å². The molecule has 4 nitrogen and oxygen atoms in total. The van der Waals surface area contributed by atoms with Crippen molar-refractivity contribution in [3.05, 3.63) is 29.3 Å². The molecule has 0 aromatic heterocycles. The number of aryl methyl sites for hydroxylation is 1. The molecule has 0 aliphatic carbocycles. The lowest BCUT2D eigenvalue weighted by molar-refractivity contribution is -0.138. The molecular formula is C13H17NO3. The smallest absolute Gasteiger partial charge is 0.317 e. The Morgan fingerprint density at radius 1 is 1.47 bits per heavy atom. The number of rotatable bonds is 3. The Kier molecular flexibility index (Phi) is 3.64. The minimum atomic E-state index is -0.767. The molecule has 92 valence electrons. The Morgan fingerprint density at radius 2 is 2.29 bits per heavy atom. The second-order valence-electron chi connectivity index (χ2n) is 4.34. The molecular weight excluding hydrogens is 218 g/mol. The van der Waals surface area contributed by atoms with E-state index >= 15 is 0 Å². The zero-order chi connectivity index (χ0) is 12.3. The molecule has 1 N–H and O–H groups in total. The van der Waals surface area contributed by atoms with Crippen LogP contribution in [-0.4, -0.2) is 36.2 Å². The summed E-state index contributed by atoms with van der Waals surface area (Å²) in [5.41, 5.74) is 2.49. The fraction of sp³-hybridized carbons (Fsp3) is 0.462. The third-order valence-electron chi connectivity index (χ3n) is 3.09. The van der Waals surface area contributed by atoms with E-state index in [1.54, 1.807) is 7.11 Å². The molecule has 1 aliphatic rings. The van der Waals surface area contributed by atoms with Crippen LogP contribution in [0.1, 0.15) is 17.5 Å². The fourth-order valence-electron chi connectivity index (χ4n) is 2.26. The number of hydrogen-bond donors (Lipinski definition) is 1. The van der Waals surface area contributed by atoms with Gasteiger partial charge in [-0.15, -0.1) is 0 Å². The Balaban J connectivity index is 2.19. The second kappa shape index (κ2) is 5.19. The first kappa shape index (κ1) is 11.9. The first-order valence-electron chi connectivity index (χ1n) is 5.79. The third-order valence-corrected chi connectivity index (χ3v) is 3.09. The summed E-state index contributed by atoms with van der Waals surface area (Å²) in [5, 5.41) is 8.84. The van der Waals surface area contributed by atoms with Crippen LogP contribution in [0.4, 0.5) is 0 Å². The van der Waals surface area contributed by atoms with Crippen LogP contribution in [0, 0.1) is 0 Å². The van der Waals surface area contributed by atoms with Crippen molar-refractivity contribution in [2.45, 2.75) is 19.4 Å². The number of hydrogen-bond acceptors (Lipinski definition) is 3. The first-order valence-corrected chi connectivity index (χ1v) is 5.79. The average Bonchev–Trinajstić information content (AvgIpc) is 2.48. The van der Waals surface area contributed by atoms with Crippen LogP contribution in [0.5, 0.6) is 5.75 Å². The number of carboxylic acids is 1. The summed E-state index contributed by atoms with van der Waals surface area (Å²) in [4.78, 5) is 12.7. The van der Waals surface area contributed by atoms with Crippen LogP contribution in [-0.2, 0) is 17.8 Å². The molecule has 1 aliphatic heterocycles. The predicted molar refractivity (Wildman–Crippen MR) is 64.2 cm³/mol. The van der Waals surface area contributed by atoms with Crippen molar-refractivity contribution in [1.82, 2.24) is 4.90 Å². The lowest BCUT2D eigenvalue weighted by Crippen LogP contribution is -2.29. The zero-order valence-electron chi connectivity index (χ0n) is 9.98. The molecule has 0 saturated heterocycles. The largest absolute Gasteiger partial charge is 0.497 e. The molecule has 2 rings (SSSR count). The van der Waals surface area contributed by atoms with Crippen LogP contribution in [0.15, 0.2) is 18.2 Å². The number of nitrogens with zero attached hydrogens (tertiary/aromatic N) is 1. The quantitative estimate of drug-likeness (QED) is 0.863. The van der Waals surface area contributed by atoms with E-state index in [4.69, 9.17) is 9.84 Å². The summed E-state index contributed by atoms with van der Waals surface area (Å²) < 4.78 is 5.20. The molecule has 0 bridgehead atoms. The summed E-state index contributed by atoms with van der Waals surface area (Å²) in [6, 6.07) is 6.06. The molecule has 1 aromatic rings. The van der Waals surface area contributed by atoms with Gasteiger partial charge in [0, 0.05) is 6.54 Å². The van der Waals surface area contributed by atoms with Gasteiger partial charge in [0.05, 0.1) is 13.7 Å². The Hall–Kier alpha value is -1.55. The van der Waals surface area contributed by atoms with Gasteiger partial charge < -0.3 is 9.84 Å². The molecule has 0 radical (unpaired) electrons. The maximum Gasteiger partial charge on any atom is 0.317 e. The number of carbonyl (C=O) groups is 1. The van der Waals surface area contributed by atoms with Gasteiger partial charge in [0.25, 0.3) is 0 Å².